The molecule has 1 N–H and O–H groups in total. The number of likely N-dealkylation sites (tertiary alicyclic amines) is 1. The lowest BCUT2D eigenvalue weighted by Gasteiger charge is -2.34. The molecule has 0 radical (unpaired) electrons. The molecule has 2 amide bonds. The quantitative estimate of drug-likeness (QED) is 0.551. The van der Waals surface area contributed by atoms with Crippen molar-refractivity contribution in [1.82, 2.24) is 19.3 Å². The van der Waals surface area contributed by atoms with Crippen LogP contribution in [0.2, 0.25) is 0 Å². The highest BCUT2D eigenvalue weighted by Gasteiger charge is 2.59. The van der Waals surface area contributed by atoms with E-state index in [9.17, 15) is 9.59 Å². The molecule has 4 aromatic rings. The fourth-order valence-electron chi connectivity index (χ4n) is 5.12. The van der Waals surface area contributed by atoms with E-state index in [0.717, 1.165) is 22.5 Å². The monoisotopic (exact) mass is 409 g/mol. The van der Waals surface area contributed by atoms with Gasteiger partial charge in [0.15, 0.2) is 0 Å². The van der Waals surface area contributed by atoms with Gasteiger partial charge < -0.3 is 14.6 Å². The van der Waals surface area contributed by atoms with E-state index in [4.69, 9.17) is 0 Å². The van der Waals surface area contributed by atoms with Crippen molar-refractivity contribution in [3.05, 3.63) is 96.2 Å². The molecule has 152 valence electrons. The second kappa shape index (κ2) is 6.50. The topological polar surface area (TPSA) is 79.6 Å². The van der Waals surface area contributed by atoms with Crippen molar-refractivity contribution in [2.45, 2.75) is 17.9 Å². The summed E-state index contributed by atoms with van der Waals surface area (Å²) in [4.78, 5) is 37.4. The van der Waals surface area contributed by atoms with Crippen molar-refractivity contribution in [2.75, 3.05) is 11.9 Å². The van der Waals surface area contributed by atoms with Gasteiger partial charge in [-0.05, 0) is 41.8 Å². The maximum Gasteiger partial charge on any atom is 0.255 e. The fraction of sp³-hybridized carbons (Fsp3) is 0.167. The van der Waals surface area contributed by atoms with Crippen molar-refractivity contribution < 1.29 is 9.59 Å². The number of imidazole rings is 1. The summed E-state index contributed by atoms with van der Waals surface area (Å²) in [5.74, 6) is -0.179. The molecule has 2 unspecified atom stereocenters. The minimum absolute atomic E-state index is 0.0667. The summed E-state index contributed by atoms with van der Waals surface area (Å²) in [5, 5.41) is 3.04. The van der Waals surface area contributed by atoms with E-state index in [1.54, 1.807) is 30.9 Å². The Labute approximate surface area is 178 Å². The molecule has 1 fully saturated rings. The lowest BCUT2D eigenvalue weighted by molar-refractivity contribution is -0.121. The second-order valence-electron chi connectivity index (χ2n) is 8.02. The van der Waals surface area contributed by atoms with Gasteiger partial charge in [-0.3, -0.25) is 14.6 Å². The number of aromatic nitrogens is 3. The Kier molecular flexibility index (Phi) is 3.74. The van der Waals surface area contributed by atoms with Crippen molar-refractivity contribution in [3.63, 3.8) is 0 Å². The van der Waals surface area contributed by atoms with Gasteiger partial charge in [0, 0.05) is 43.2 Å². The second-order valence-corrected chi connectivity index (χ2v) is 8.02. The Bertz CT molecular complexity index is 1330. The van der Waals surface area contributed by atoms with Crippen molar-refractivity contribution in [3.8, 4) is 0 Å². The summed E-state index contributed by atoms with van der Waals surface area (Å²) in [5.41, 5.74) is 3.10. The van der Waals surface area contributed by atoms with Gasteiger partial charge in [0.25, 0.3) is 5.91 Å². The summed E-state index contributed by atoms with van der Waals surface area (Å²) in [6.45, 7) is 0.474. The molecule has 31 heavy (non-hydrogen) atoms. The van der Waals surface area contributed by atoms with Gasteiger partial charge in [0.2, 0.25) is 5.91 Å². The highest BCUT2D eigenvalue weighted by molar-refractivity contribution is 6.08. The number of amides is 2. The number of fused-ring (bicyclic) bond motifs is 3. The van der Waals surface area contributed by atoms with E-state index >= 15 is 0 Å². The molecular weight excluding hydrogens is 390 g/mol. The minimum Gasteiger partial charge on any atom is -0.330 e. The van der Waals surface area contributed by atoms with E-state index in [1.807, 2.05) is 58.0 Å². The number of anilines is 1. The summed E-state index contributed by atoms with van der Waals surface area (Å²) < 4.78 is 1.83. The summed E-state index contributed by atoms with van der Waals surface area (Å²) in [7, 11) is 0. The van der Waals surface area contributed by atoms with E-state index in [0.29, 0.717) is 18.5 Å². The van der Waals surface area contributed by atoms with Crippen LogP contribution in [0.5, 0.6) is 0 Å². The predicted molar refractivity (Wildman–Crippen MR) is 115 cm³/mol. The Morgan fingerprint density at radius 3 is 2.87 bits per heavy atom. The normalized spacial score (nSPS) is 22.1. The fourth-order valence-corrected chi connectivity index (χ4v) is 5.12. The number of hydrogen-bond donors (Lipinski definition) is 1. The van der Waals surface area contributed by atoms with E-state index < -0.39 is 11.5 Å². The van der Waals surface area contributed by atoms with Crippen LogP contribution in [0.1, 0.15) is 33.9 Å². The van der Waals surface area contributed by atoms with Crippen LogP contribution in [-0.2, 0) is 10.2 Å². The summed E-state index contributed by atoms with van der Waals surface area (Å²) >= 11 is 0. The number of nitrogens with one attached hydrogen (secondary N) is 1. The maximum absolute atomic E-state index is 13.7. The van der Waals surface area contributed by atoms with Crippen LogP contribution in [0.4, 0.5) is 5.69 Å². The molecule has 1 saturated heterocycles. The molecule has 2 aliphatic heterocycles. The number of carbonyl (C=O) groups is 2. The molecule has 2 atom stereocenters. The molecule has 0 saturated carbocycles. The molecule has 5 heterocycles. The number of rotatable bonds is 2. The third-order valence-electron chi connectivity index (χ3n) is 6.48. The standard InChI is InChI=1S/C24H19N5O2/c30-22(17-7-8-20-26-11-13-28(20)15-17)29-12-9-24(21(29)16-4-3-10-25-14-16)18-5-1-2-6-19(18)27-23(24)31/h1-8,10-11,13-15,21H,9,12H2,(H,27,31). The zero-order valence-electron chi connectivity index (χ0n) is 16.6. The zero-order valence-corrected chi connectivity index (χ0v) is 16.6. The van der Waals surface area contributed by atoms with Crippen LogP contribution in [0, 0.1) is 0 Å². The highest BCUT2D eigenvalue weighted by Crippen LogP contribution is 2.54. The predicted octanol–water partition coefficient (Wildman–Crippen LogP) is 3.21. The van der Waals surface area contributed by atoms with Crippen molar-refractivity contribution >= 4 is 23.1 Å². The molecular formula is C24H19N5O2. The molecule has 6 rings (SSSR count). The molecule has 0 aliphatic carbocycles. The van der Waals surface area contributed by atoms with Crippen LogP contribution < -0.4 is 5.32 Å². The van der Waals surface area contributed by atoms with Crippen LogP contribution in [0.15, 0.2) is 79.5 Å². The van der Waals surface area contributed by atoms with E-state index in [2.05, 4.69) is 15.3 Å². The van der Waals surface area contributed by atoms with Crippen LogP contribution in [-0.4, -0.2) is 37.6 Å². The number of para-hydroxylation sites is 1. The first-order valence-corrected chi connectivity index (χ1v) is 10.2. The maximum atomic E-state index is 13.7. The average molecular weight is 409 g/mol. The van der Waals surface area contributed by atoms with E-state index in [1.165, 1.54) is 0 Å². The first-order valence-electron chi connectivity index (χ1n) is 10.2. The van der Waals surface area contributed by atoms with Crippen molar-refractivity contribution in [2.24, 2.45) is 0 Å². The van der Waals surface area contributed by atoms with Gasteiger partial charge in [-0.1, -0.05) is 24.3 Å². The first-order chi connectivity index (χ1) is 15.2. The Morgan fingerprint density at radius 2 is 2.00 bits per heavy atom. The molecule has 1 spiro atoms. The van der Waals surface area contributed by atoms with Gasteiger partial charge in [-0.15, -0.1) is 0 Å². The number of pyridine rings is 2. The largest absolute Gasteiger partial charge is 0.330 e. The Balaban J connectivity index is 1.50. The lowest BCUT2D eigenvalue weighted by atomic mass is 9.73. The number of nitrogens with zero attached hydrogens (tertiary/aromatic N) is 4. The number of hydrogen-bond acceptors (Lipinski definition) is 4. The van der Waals surface area contributed by atoms with E-state index in [-0.39, 0.29) is 11.8 Å². The van der Waals surface area contributed by atoms with Crippen molar-refractivity contribution in [1.29, 1.82) is 0 Å². The summed E-state index contributed by atoms with van der Waals surface area (Å²) in [6, 6.07) is 14.7. The minimum atomic E-state index is -0.839. The SMILES string of the molecule is O=C(c1ccc2nccn2c1)N1CCC2(C(=O)Nc3ccccc32)C1c1cccnc1. The zero-order chi connectivity index (χ0) is 21.0. The van der Waals surface area contributed by atoms with Gasteiger partial charge in [-0.2, -0.15) is 0 Å². The third kappa shape index (κ3) is 2.46. The molecule has 2 aliphatic rings. The Hall–Kier alpha value is -4.00. The average Bonchev–Trinajstić information content (AvgIpc) is 3.51. The molecule has 1 aromatic carbocycles. The number of benzene rings is 1. The van der Waals surface area contributed by atoms with Crippen LogP contribution in [0.25, 0.3) is 5.65 Å². The Morgan fingerprint density at radius 1 is 1.10 bits per heavy atom. The lowest BCUT2D eigenvalue weighted by Crippen LogP contribution is -2.42. The van der Waals surface area contributed by atoms with Gasteiger partial charge in [-0.25, -0.2) is 4.98 Å². The smallest absolute Gasteiger partial charge is 0.255 e. The van der Waals surface area contributed by atoms with Crippen LogP contribution in [0.3, 0.4) is 0 Å². The van der Waals surface area contributed by atoms with Gasteiger partial charge in [0.05, 0.1) is 11.6 Å². The third-order valence-corrected chi connectivity index (χ3v) is 6.48. The molecule has 7 heteroatoms. The molecule has 7 nitrogen and oxygen atoms in total. The van der Waals surface area contributed by atoms with Gasteiger partial charge >= 0.3 is 0 Å². The molecule has 0 bridgehead atoms. The first kappa shape index (κ1) is 17.8. The number of carbonyl (C=O) groups excluding carboxylic acids is 2. The van der Waals surface area contributed by atoms with Crippen LogP contribution >= 0.6 is 0 Å². The molecule has 3 aromatic heterocycles. The highest BCUT2D eigenvalue weighted by atomic mass is 16.2. The van der Waals surface area contributed by atoms with Gasteiger partial charge in [0.1, 0.15) is 11.1 Å². The summed E-state index contributed by atoms with van der Waals surface area (Å²) in [6.07, 6.45) is 9.31.